The second-order valence-electron chi connectivity index (χ2n) is 2.45. The van der Waals surface area contributed by atoms with Gasteiger partial charge in [-0.05, 0) is 23.8 Å². The number of hydrogen-bond acceptors (Lipinski definition) is 2. The topological polar surface area (TPSA) is 46.2 Å². The van der Waals surface area contributed by atoms with E-state index in [1.165, 1.54) is 12.1 Å². The van der Waals surface area contributed by atoms with Crippen molar-refractivity contribution < 1.29 is 9.50 Å². The molecule has 0 aromatic heterocycles. The molecule has 2 nitrogen and oxygen atoms in total. The van der Waals surface area contributed by atoms with Gasteiger partial charge in [-0.3, -0.25) is 0 Å². The Morgan fingerprint density at radius 3 is 2.67 bits per heavy atom. The molecule has 0 spiro atoms. The van der Waals surface area contributed by atoms with Crippen LogP contribution in [0.25, 0.3) is 0 Å². The molecule has 0 heterocycles. The van der Waals surface area contributed by atoms with E-state index in [2.05, 4.69) is 15.9 Å². The summed E-state index contributed by atoms with van der Waals surface area (Å²) in [6.45, 7) is 0.0931. The van der Waals surface area contributed by atoms with Gasteiger partial charge in [0.2, 0.25) is 0 Å². The minimum absolute atomic E-state index is 0.0931. The van der Waals surface area contributed by atoms with Gasteiger partial charge in [0.25, 0.3) is 0 Å². The molecule has 0 amide bonds. The Balaban J connectivity index is 3.00. The van der Waals surface area contributed by atoms with Crippen molar-refractivity contribution in [1.29, 1.82) is 0 Å². The van der Waals surface area contributed by atoms with Crippen molar-refractivity contribution >= 4 is 15.9 Å². The quantitative estimate of drug-likeness (QED) is 0.815. The highest BCUT2D eigenvalue weighted by Gasteiger charge is 2.06. The summed E-state index contributed by atoms with van der Waals surface area (Å²) in [5.41, 5.74) is 5.71. The largest absolute Gasteiger partial charge is 0.387 e. The van der Waals surface area contributed by atoms with Crippen LogP contribution in [-0.4, -0.2) is 11.7 Å². The summed E-state index contributed by atoms with van der Waals surface area (Å²) in [5.74, 6) is -0.383. The minimum Gasteiger partial charge on any atom is -0.387 e. The number of benzene rings is 1. The molecular formula is C8H9BrFNO. The maximum absolute atomic E-state index is 12.7. The lowest BCUT2D eigenvalue weighted by molar-refractivity contribution is 0.186. The molecular weight excluding hydrogens is 225 g/mol. The van der Waals surface area contributed by atoms with Gasteiger partial charge in [-0.15, -0.1) is 0 Å². The molecule has 0 fully saturated rings. The fourth-order valence-electron chi connectivity index (χ4n) is 0.904. The van der Waals surface area contributed by atoms with E-state index in [1.807, 2.05) is 0 Å². The average molecular weight is 234 g/mol. The molecule has 0 aliphatic rings. The van der Waals surface area contributed by atoms with E-state index < -0.39 is 6.10 Å². The number of rotatable bonds is 2. The third-order valence-corrected chi connectivity index (χ3v) is 1.95. The van der Waals surface area contributed by atoms with Gasteiger partial charge in [0.05, 0.1) is 6.10 Å². The van der Waals surface area contributed by atoms with Crippen molar-refractivity contribution in [3.8, 4) is 0 Å². The van der Waals surface area contributed by atoms with Crippen molar-refractivity contribution in [1.82, 2.24) is 0 Å². The van der Waals surface area contributed by atoms with Crippen LogP contribution in [0.5, 0.6) is 0 Å². The molecule has 1 aromatic rings. The third kappa shape index (κ3) is 2.27. The Morgan fingerprint density at radius 1 is 1.50 bits per heavy atom. The van der Waals surface area contributed by atoms with Crippen LogP contribution in [0.1, 0.15) is 11.7 Å². The Morgan fingerprint density at radius 2 is 2.17 bits per heavy atom. The van der Waals surface area contributed by atoms with E-state index in [9.17, 15) is 9.50 Å². The van der Waals surface area contributed by atoms with Gasteiger partial charge in [-0.1, -0.05) is 15.9 Å². The lowest BCUT2D eigenvalue weighted by Gasteiger charge is -2.07. The smallest absolute Gasteiger partial charge is 0.124 e. The molecule has 0 saturated heterocycles. The third-order valence-electron chi connectivity index (χ3n) is 1.49. The molecule has 0 saturated carbocycles. The first kappa shape index (κ1) is 9.64. The van der Waals surface area contributed by atoms with Gasteiger partial charge in [0, 0.05) is 11.0 Å². The summed E-state index contributed by atoms with van der Waals surface area (Å²) >= 11 is 3.12. The number of nitrogens with two attached hydrogens (primary N) is 1. The Labute approximate surface area is 78.3 Å². The molecule has 1 rings (SSSR count). The fraction of sp³-hybridized carbons (Fsp3) is 0.250. The van der Waals surface area contributed by atoms with Crippen LogP contribution in [0.2, 0.25) is 0 Å². The first-order valence-electron chi connectivity index (χ1n) is 3.47. The molecule has 0 aliphatic carbocycles. The molecule has 66 valence electrons. The van der Waals surface area contributed by atoms with E-state index >= 15 is 0 Å². The standard InChI is InChI=1S/C8H9BrFNO/c9-6-1-5(8(12)4-11)2-7(10)3-6/h1-3,8,12H,4,11H2/t8-/m1/s1. The molecule has 12 heavy (non-hydrogen) atoms. The molecule has 1 atom stereocenters. The van der Waals surface area contributed by atoms with E-state index in [1.54, 1.807) is 6.07 Å². The van der Waals surface area contributed by atoms with Gasteiger partial charge >= 0.3 is 0 Å². The predicted molar refractivity (Wildman–Crippen MR) is 48.1 cm³/mol. The molecule has 0 aliphatic heterocycles. The Hall–Kier alpha value is -0.450. The molecule has 1 aromatic carbocycles. The zero-order valence-corrected chi connectivity index (χ0v) is 7.88. The molecule has 4 heteroatoms. The van der Waals surface area contributed by atoms with Gasteiger partial charge in [0.1, 0.15) is 5.82 Å². The van der Waals surface area contributed by atoms with Crippen molar-refractivity contribution in [3.63, 3.8) is 0 Å². The van der Waals surface area contributed by atoms with E-state index in [0.29, 0.717) is 10.0 Å². The zero-order valence-electron chi connectivity index (χ0n) is 6.30. The summed E-state index contributed by atoms with van der Waals surface area (Å²) in [6.07, 6.45) is -0.794. The van der Waals surface area contributed by atoms with E-state index in [0.717, 1.165) is 0 Å². The number of hydrogen-bond donors (Lipinski definition) is 2. The number of aliphatic hydroxyl groups excluding tert-OH is 1. The van der Waals surface area contributed by atoms with Crippen LogP contribution in [0.4, 0.5) is 4.39 Å². The second kappa shape index (κ2) is 3.98. The first-order valence-corrected chi connectivity index (χ1v) is 4.27. The minimum atomic E-state index is -0.794. The molecule has 0 unspecified atom stereocenters. The van der Waals surface area contributed by atoms with Crippen molar-refractivity contribution in [3.05, 3.63) is 34.1 Å². The fourth-order valence-corrected chi connectivity index (χ4v) is 1.39. The number of aliphatic hydroxyl groups is 1. The second-order valence-corrected chi connectivity index (χ2v) is 3.37. The maximum Gasteiger partial charge on any atom is 0.124 e. The summed E-state index contributed by atoms with van der Waals surface area (Å²) in [5, 5.41) is 9.27. The van der Waals surface area contributed by atoms with Crippen LogP contribution >= 0.6 is 15.9 Å². The molecule has 3 N–H and O–H groups in total. The Kier molecular flexibility index (Phi) is 3.20. The van der Waals surface area contributed by atoms with E-state index in [-0.39, 0.29) is 12.4 Å². The van der Waals surface area contributed by atoms with Crippen LogP contribution in [0.3, 0.4) is 0 Å². The van der Waals surface area contributed by atoms with Crippen LogP contribution in [0.15, 0.2) is 22.7 Å². The first-order chi connectivity index (χ1) is 5.63. The molecule has 0 bridgehead atoms. The summed E-state index contributed by atoms with van der Waals surface area (Å²) < 4.78 is 13.3. The van der Waals surface area contributed by atoms with Gasteiger partial charge in [-0.25, -0.2) is 4.39 Å². The van der Waals surface area contributed by atoms with Crippen LogP contribution < -0.4 is 5.73 Å². The normalized spacial score (nSPS) is 13.0. The SMILES string of the molecule is NC[C@@H](O)c1cc(F)cc(Br)c1. The summed E-state index contributed by atoms with van der Waals surface area (Å²) in [6, 6.07) is 4.23. The van der Waals surface area contributed by atoms with Crippen molar-refractivity contribution in [2.45, 2.75) is 6.10 Å². The molecule has 0 radical (unpaired) electrons. The maximum atomic E-state index is 12.7. The van der Waals surface area contributed by atoms with Gasteiger partial charge in [-0.2, -0.15) is 0 Å². The lowest BCUT2D eigenvalue weighted by atomic mass is 10.1. The van der Waals surface area contributed by atoms with Crippen molar-refractivity contribution in [2.24, 2.45) is 5.73 Å². The summed E-state index contributed by atoms with van der Waals surface area (Å²) in [7, 11) is 0. The average Bonchev–Trinajstić information content (AvgIpc) is 2.01. The Bertz CT molecular complexity index is 260. The van der Waals surface area contributed by atoms with Crippen LogP contribution in [-0.2, 0) is 0 Å². The monoisotopic (exact) mass is 233 g/mol. The van der Waals surface area contributed by atoms with Gasteiger partial charge < -0.3 is 10.8 Å². The highest BCUT2D eigenvalue weighted by molar-refractivity contribution is 9.10. The number of halogens is 2. The van der Waals surface area contributed by atoms with E-state index in [4.69, 9.17) is 5.73 Å². The predicted octanol–water partition coefficient (Wildman–Crippen LogP) is 1.58. The lowest BCUT2D eigenvalue weighted by Crippen LogP contribution is -2.11. The highest BCUT2D eigenvalue weighted by atomic mass is 79.9. The van der Waals surface area contributed by atoms with Gasteiger partial charge in [0.15, 0.2) is 0 Å². The van der Waals surface area contributed by atoms with Crippen LogP contribution in [0, 0.1) is 5.82 Å². The van der Waals surface area contributed by atoms with Crippen molar-refractivity contribution in [2.75, 3.05) is 6.54 Å². The summed E-state index contributed by atoms with van der Waals surface area (Å²) in [4.78, 5) is 0. The highest BCUT2D eigenvalue weighted by Crippen LogP contribution is 2.19. The zero-order chi connectivity index (χ0) is 9.14.